The molecule has 1 aliphatic rings. The van der Waals surface area contributed by atoms with Crippen LogP contribution in [-0.2, 0) is 7.05 Å². The molecule has 6 heteroatoms. The first-order valence-electron chi connectivity index (χ1n) is 7.20. The second-order valence-electron chi connectivity index (χ2n) is 5.34. The number of carbonyl (C=O) groups excluding carboxylic acids is 1. The van der Waals surface area contributed by atoms with Crippen LogP contribution in [0.4, 0.5) is 0 Å². The monoisotopic (exact) mass is 307 g/mol. The molecule has 1 fully saturated rings. The molecule has 1 aliphatic heterocycles. The summed E-state index contributed by atoms with van der Waals surface area (Å²) >= 11 is 6.28. The number of hydrogen-bond donors (Lipinski definition) is 0. The number of rotatable bonds is 2. The zero-order chi connectivity index (χ0) is 14.8. The zero-order valence-electron chi connectivity index (χ0n) is 12.0. The van der Waals surface area contributed by atoms with E-state index < -0.39 is 0 Å². The molecule has 3 rings (SSSR count). The zero-order valence-corrected chi connectivity index (χ0v) is 12.7. The quantitative estimate of drug-likeness (QED) is 0.854. The Hall–Kier alpha value is -1.75. The lowest BCUT2D eigenvalue weighted by Gasteiger charge is -2.29. The molecule has 3 heterocycles. The molecule has 0 bridgehead atoms. The molecule has 112 valence electrons. The van der Waals surface area contributed by atoms with Crippen LogP contribution in [0.25, 0.3) is 0 Å². The maximum atomic E-state index is 12.7. The molecular formula is C15H18ClN3O2. The van der Waals surface area contributed by atoms with Gasteiger partial charge < -0.3 is 9.32 Å². The van der Waals surface area contributed by atoms with Crippen molar-refractivity contribution in [2.75, 3.05) is 6.54 Å². The molecule has 1 atom stereocenters. The van der Waals surface area contributed by atoms with Gasteiger partial charge in [-0.2, -0.15) is 5.10 Å². The number of hydrogen-bond acceptors (Lipinski definition) is 3. The molecule has 1 saturated heterocycles. The summed E-state index contributed by atoms with van der Waals surface area (Å²) in [6, 6.07) is 3.39. The largest absolute Gasteiger partial charge is 0.459 e. The third-order valence-corrected chi connectivity index (χ3v) is 4.29. The van der Waals surface area contributed by atoms with Crippen molar-refractivity contribution in [2.45, 2.75) is 31.7 Å². The highest BCUT2D eigenvalue weighted by Gasteiger charge is 2.32. The van der Waals surface area contributed by atoms with Gasteiger partial charge >= 0.3 is 0 Å². The highest BCUT2D eigenvalue weighted by atomic mass is 35.5. The van der Waals surface area contributed by atoms with Gasteiger partial charge in [0.15, 0.2) is 5.76 Å². The smallest absolute Gasteiger partial charge is 0.290 e. The van der Waals surface area contributed by atoms with Crippen LogP contribution in [0.1, 0.15) is 48.0 Å². The number of furan rings is 1. The topological polar surface area (TPSA) is 51.3 Å². The lowest BCUT2D eigenvalue weighted by molar-refractivity contribution is 0.0641. The summed E-state index contributed by atoms with van der Waals surface area (Å²) in [6.45, 7) is 0.714. The normalized spacial score (nSPS) is 19.5. The van der Waals surface area contributed by atoms with E-state index in [4.69, 9.17) is 16.0 Å². The Labute approximate surface area is 128 Å². The molecule has 0 aliphatic carbocycles. The first-order valence-corrected chi connectivity index (χ1v) is 7.58. The molecule has 21 heavy (non-hydrogen) atoms. The van der Waals surface area contributed by atoms with Crippen molar-refractivity contribution in [3.05, 3.63) is 41.1 Å². The van der Waals surface area contributed by atoms with Crippen molar-refractivity contribution in [1.29, 1.82) is 0 Å². The number of halogens is 1. The minimum Gasteiger partial charge on any atom is -0.459 e. The van der Waals surface area contributed by atoms with Gasteiger partial charge in [-0.05, 0) is 25.0 Å². The van der Waals surface area contributed by atoms with Gasteiger partial charge in [-0.15, -0.1) is 0 Å². The Morgan fingerprint density at radius 3 is 2.95 bits per heavy atom. The van der Waals surface area contributed by atoms with Crippen molar-refractivity contribution >= 4 is 17.5 Å². The Kier molecular flexibility index (Phi) is 4.01. The number of nitrogens with zero attached hydrogens (tertiary/aromatic N) is 3. The van der Waals surface area contributed by atoms with Crippen LogP contribution in [0.2, 0.25) is 5.02 Å². The SMILES string of the molecule is Cn1ncc(Cl)c1[C@H]1CCCCCN1C(=O)c1ccco1. The van der Waals surface area contributed by atoms with Crippen LogP contribution >= 0.6 is 11.6 Å². The molecule has 2 aromatic rings. The lowest BCUT2D eigenvalue weighted by Crippen LogP contribution is -2.35. The van der Waals surface area contributed by atoms with Crippen LogP contribution in [0.3, 0.4) is 0 Å². The fourth-order valence-corrected chi connectivity index (χ4v) is 3.26. The van der Waals surface area contributed by atoms with Crippen LogP contribution < -0.4 is 0 Å². The van der Waals surface area contributed by atoms with E-state index in [0.29, 0.717) is 17.3 Å². The molecule has 0 saturated carbocycles. The van der Waals surface area contributed by atoms with Gasteiger partial charge in [0.1, 0.15) is 0 Å². The minimum atomic E-state index is -0.0795. The highest BCUT2D eigenvalue weighted by molar-refractivity contribution is 6.31. The van der Waals surface area contributed by atoms with Crippen LogP contribution in [0, 0.1) is 0 Å². The fourth-order valence-electron chi connectivity index (χ4n) is 2.97. The van der Waals surface area contributed by atoms with Gasteiger partial charge in [0.25, 0.3) is 5.91 Å². The first kappa shape index (κ1) is 14.2. The number of aryl methyl sites for hydroxylation is 1. The summed E-state index contributed by atoms with van der Waals surface area (Å²) in [5.41, 5.74) is 0.901. The predicted octanol–water partition coefficient (Wildman–Crippen LogP) is 3.42. The summed E-state index contributed by atoms with van der Waals surface area (Å²) in [7, 11) is 1.86. The fraction of sp³-hybridized carbons (Fsp3) is 0.467. The molecule has 0 N–H and O–H groups in total. The third-order valence-electron chi connectivity index (χ3n) is 4.00. The second-order valence-corrected chi connectivity index (χ2v) is 5.75. The Balaban J connectivity index is 1.96. The van der Waals surface area contributed by atoms with Gasteiger partial charge in [0.2, 0.25) is 0 Å². The molecule has 0 unspecified atom stereocenters. The summed E-state index contributed by atoms with van der Waals surface area (Å²) in [5.74, 6) is 0.296. The van der Waals surface area contributed by atoms with Crippen LogP contribution in [0.15, 0.2) is 29.0 Å². The summed E-state index contributed by atoms with van der Waals surface area (Å²) in [4.78, 5) is 14.6. The van der Waals surface area contributed by atoms with E-state index in [0.717, 1.165) is 31.4 Å². The van der Waals surface area contributed by atoms with E-state index in [1.54, 1.807) is 23.0 Å². The second kappa shape index (κ2) is 5.93. The van der Waals surface area contributed by atoms with Crippen molar-refractivity contribution in [3.63, 3.8) is 0 Å². The number of carbonyl (C=O) groups is 1. The number of aromatic nitrogens is 2. The van der Waals surface area contributed by atoms with Crippen molar-refractivity contribution in [3.8, 4) is 0 Å². The Bertz CT molecular complexity index is 601. The highest BCUT2D eigenvalue weighted by Crippen LogP contribution is 2.34. The predicted molar refractivity (Wildman–Crippen MR) is 79.2 cm³/mol. The van der Waals surface area contributed by atoms with E-state index in [1.807, 2.05) is 11.9 Å². The van der Waals surface area contributed by atoms with Crippen molar-refractivity contribution < 1.29 is 9.21 Å². The molecule has 5 nitrogen and oxygen atoms in total. The van der Waals surface area contributed by atoms with Gasteiger partial charge in [-0.1, -0.05) is 24.4 Å². The van der Waals surface area contributed by atoms with Crippen molar-refractivity contribution in [1.82, 2.24) is 14.7 Å². The molecule has 0 radical (unpaired) electrons. The van der Waals surface area contributed by atoms with E-state index in [2.05, 4.69) is 5.10 Å². The molecule has 0 spiro atoms. The van der Waals surface area contributed by atoms with Gasteiger partial charge in [0.05, 0.1) is 29.2 Å². The Morgan fingerprint density at radius 2 is 2.29 bits per heavy atom. The molecule has 0 aromatic carbocycles. The van der Waals surface area contributed by atoms with E-state index in [1.165, 1.54) is 6.26 Å². The first-order chi connectivity index (χ1) is 10.2. The Morgan fingerprint density at radius 1 is 1.43 bits per heavy atom. The molecular weight excluding hydrogens is 290 g/mol. The summed E-state index contributed by atoms with van der Waals surface area (Å²) in [6.07, 6.45) is 7.25. The van der Waals surface area contributed by atoms with E-state index >= 15 is 0 Å². The van der Waals surface area contributed by atoms with Crippen molar-refractivity contribution in [2.24, 2.45) is 7.05 Å². The van der Waals surface area contributed by atoms with Gasteiger partial charge in [-0.25, -0.2) is 0 Å². The number of likely N-dealkylation sites (tertiary alicyclic amines) is 1. The third kappa shape index (κ3) is 2.70. The maximum Gasteiger partial charge on any atom is 0.290 e. The average Bonchev–Trinajstić information content (AvgIpc) is 3.04. The standard InChI is InChI=1S/C15H18ClN3O2/c1-18-14(11(16)10-17-18)12-6-3-2-4-8-19(12)15(20)13-7-5-9-21-13/h5,7,9-10,12H,2-4,6,8H2,1H3/t12-/m1/s1. The summed E-state index contributed by atoms with van der Waals surface area (Å²) in [5, 5.41) is 4.81. The van der Waals surface area contributed by atoms with Gasteiger partial charge in [0, 0.05) is 13.6 Å². The molecule has 1 amide bonds. The average molecular weight is 308 g/mol. The van der Waals surface area contributed by atoms with Crippen LogP contribution in [-0.4, -0.2) is 27.1 Å². The van der Waals surface area contributed by atoms with E-state index in [-0.39, 0.29) is 11.9 Å². The lowest BCUT2D eigenvalue weighted by atomic mass is 10.1. The number of amides is 1. The van der Waals surface area contributed by atoms with Crippen LogP contribution in [0.5, 0.6) is 0 Å². The van der Waals surface area contributed by atoms with E-state index in [9.17, 15) is 4.79 Å². The maximum absolute atomic E-state index is 12.7. The molecule has 2 aromatic heterocycles. The van der Waals surface area contributed by atoms with Gasteiger partial charge in [-0.3, -0.25) is 9.48 Å². The summed E-state index contributed by atoms with van der Waals surface area (Å²) < 4.78 is 7.03. The minimum absolute atomic E-state index is 0.0508.